The van der Waals surface area contributed by atoms with E-state index in [0.29, 0.717) is 0 Å². The Balaban J connectivity index is 1.95. The van der Waals surface area contributed by atoms with Crippen LogP contribution in [0.3, 0.4) is 0 Å². The van der Waals surface area contributed by atoms with Crippen LogP contribution >= 0.6 is 22.9 Å². The molecule has 1 N–H and O–H groups in total. The van der Waals surface area contributed by atoms with Crippen molar-refractivity contribution in [2.75, 3.05) is 13.1 Å². The predicted molar refractivity (Wildman–Crippen MR) is 71.8 cm³/mol. The number of hydrogen-bond acceptors (Lipinski definition) is 3. The molecule has 3 rings (SSSR count). The van der Waals surface area contributed by atoms with Gasteiger partial charge in [0.15, 0.2) is 0 Å². The van der Waals surface area contributed by atoms with Gasteiger partial charge in [0.25, 0.3) is 0 Å². The van der Waals surface area contributed by atoms with E-state index in [1.807, 2.05) is 17.6 Å². The zero-order chi connectivity index (χ0) is 11.7. The van der Waals surface area contributed by atoms with Gasteiger partial charge in [-0.3, -0.25) is 0 Å². The van der Waals surface area contributed by atoms with Crippen molar-refractivity contribution in [1.82, 2.24) is 10.3 Å². The van der Waals surface area contributed by atoms with Gasteiger partial charge in [0.05, 0.1) is 11.2 Å². The minimum Gasteiger partial charge on any atom is -0.315 e. The third-order valence-corrected chi connectivity index (χ3v) is 4.34. The Hall–Kier alpha value is -0.900. The van der Waals surface area contributed by atoms with Crippen molar-refractivity contribution in [1.29, 1.82) is 0 Å². The minimum atomic E-state index is 0.131. The molecule has 0 amide bonds. The fraction of sp³-hybridized carbons (Fsp3) is 0.308. The number of benzene rings is 1. The van der Waals surface area contributed by atoms with Gasteiger partial charge in [-0.2, -0.15) is 0 Å². The fourth-order valence-electron chi connectivity index (χ4n) is 2.40. The summed E-state index contributed by atoms with van der Waals surface area (Å²) in [7, 11) is 0. The Morgan fingerprint density at radius 1 is 1.35 bits per heavy atom. The second-order valence-electron chi connectivity index (χ2n) is 4.52. The zero-order valence-corrected chi connectivity index (χ0v) is 10.9. The van der Waals surface area contributed by atoms with E-state index in [2.05, 4.69) is 27.8 Å². The number of aromatic nitrogens is 1. The van der Waals surface area contributed by atoms with Crippen LogP contribution in [0.15, 0.2) is 35.2 Å². The predicted octanol–water partition coefficient (Wildman–Crippen LogP) is 2.88. The first-order chi connectivity index (χ1) is 8.30. The summed E-state index contributed by atoms with van der Waals surface area (Å²) in [6, 6.07) is 8.14. The van der Waals surface area contributed by atoms with Crippen molar-refractivity contribution in [2.45, 2.75) is 11.8 Å². The van der Waals surface area contributed by atoms with Gasteiger partial charge >= 0.3 is 0 Å². The Bertz CT molecular complexity index is 506. The van der Waals surface area contributed by atoms with Gasteiger partial charge in [0.1, 0.15) is 0 Å². The van der Waals surface area contributed by atoms with Crippen molar-refractivity contribution < 1.29 is 0 Å². The summed E-state index contributed by atoms with van der Waals surface area (Å²) >= 11 is 7.97. The molecule has 2 aromatic rings. The first-order valence-electron chi connectivity index (χ1n) is 5.63. The molecule has 1 fully saturated rings. The molecule has 0 aliphatic carbocycles. The molecule has 1 aliphatic rings. The number of nitrogens with zero attached hydrogens (tertiary/aromatic N) is 1. The van der Waals surface area contributed by atoms with Gasteiger partial charge in [0.2, 0.25) is 0 Å². The van der Waals surface area contributed by atoms with E-state index in [1.165, 1.54) is 5.56 Å². The van der Waals surface area contributed by atoms with E-state index in [4.69, 9.17) is 11.6 Å². The van der Waals surface area contributed by atoms with Crippen molar-refractivity contribution >= 4 is 22.9 Å². The second kappa shape index (κ2) is 4.41. The lowest BCUT2D eigenvalue weighted by molar-refractivity contribution is 0.273. The molecule has 1 saturated heterocycles. The summed E-state index contributed by atoms with van der Waals surface area (Å²) < 4.78 is 0. The van der Waals surface area contributed by atoms with Crippen LogP contribution in [0.2, 0.25) is 5.02 Å². The standard InChI is InChI=1S/C13H13ClN2S/c14-12-4-2-1-3-11(12)13(7-15-8-13)5-10-6-17-9-16-10/h1-4,6,9,15H,5,7-8H2. The molecule has 1 aromatic carbocycles. The van der Waals surface area contributed by atoms with E-state index in [9.17, 15) is 0 Å². The van der Waals surface area contributed by atoms with Crippen LogP contribution in [-0.2, 0) is 11.8 Å². The molecule has 0 bridgehead atoms. The number of hydrogen-bond donors (Lipinski definition) is 1. The average molecular weight is 265 g/mol. The second-order valence-corrected chi connectivity index (χ2v) is 5.65. The Labute approximate surface area is 110 Å². The normalized spacial score (nSPS) is 17.7. The quantitative estimate of drug-likeness (QED) is 0.922. The lowest BCUT2D eigenvalue weighted by Crippen LogP contribution is -2.58. The van der Waals surface area contributed by atoms with E-state index in [1.54, 1.807) is 11.3 Å². The van der Waals surface area contributed by atoms with E-state index < -0.39 is 0 Å². The zero-order valence-electron chi connectivity index (χ0n) is 9.32. The Morgan fingerprint density at radius 3 is 2.76 bits per heavy atom. The highest BCUT2D eigenvalue weighted by atomic mass is 35.5. The number of thiazole rings is 1. The van der Waals surface area contributed by atoms with E-state index in [-0.39, 0.29) is 5.41 Å². The maximum Gasteiger partial charge on any atom is 0.0794 e. The summed E-state index contributed by atoms with van der Waals surface area (Å²) in [4.78, 5) is 4.39. The van der Waals surface area contributed by atoms with Crippen LogP contribution in [0.4, 0.5) is 0 Å². The van der Waals surface area contributed by atoms with E-state index >= 15 is 0 Å². The fourth-order valence-corrected chi connectivity index (χ4v) is 3.29. The number of rotatable bonds is 3. The van der Waals surface area contributed by atoms with Crippen LogP contribution in [0.5, 0.6) is 0 Å². The van der Waals surface area contributed by atoms with Gasteiger partial charge < -0.3 is 5.32 Å². The Morgan fingerprint density at radius 2 is 2.18 bits per heavy atom. The van der Waals surface area contributed by atoms with Crippen molar-refractivity contribution in [3.8, 4) is 0 Å². The molecule has 1 aliphatic heterocycles. The summed E-state index contributed by atoms with van der Waals surface area (Å²) in [6.07, 6.45) is 0.966. The average Bonchev–Trinajstić information content (AvgIpc) is 2.77. The topological polar surface area (TPSA) is 24.9 Å². The van der Waals surface area contributed by atoms with Crippen LogP contribution < -0.4 is 5.32 Å². The maximum atomic E-state index is 6.32. The molecule has 2 nitrogen and oxygen atoms in total. The molecule has 0 spiro atoms. The maximum absolute atomic E-state index is 6.32. The number of nitrogens with one attached hydrogen (secondary N) is 1. The van der Waals surface area contributed by atoms with E-state index in [0.717, 1.165) is 30.2 Å². The summed E-state index contributed by atoms with van der Waals surface area (Å²) in [6.45, 7) is 1.96. The SMILES string of the molecule is Clc1ccccc1C1(Cc2cscn2)CNC1. The van der Waals surface area contributed by atoms with Gasteiger partial charge in [0, 0.05) is 35.3 Å². The monoisotopic (exact) mass is 264 g/mol. The third kappa shape index (κ3) is 1.99. The third-order valence-electron chi connectivity index (χ3n) is 3.37. The highest BCUT2D eigenvalue weighted by Gasteiger charge is 2.40. The molecular formula is C13H13ClN2S. The molecule has 17 heavy (non-hydrogen) atoms. The molecule has 0 radical (unpaired) electrons. The summed E-state index contributed by atoms with van der Waals surface area (Å²) in [5.41, 5.74) is 4.43. The molecule has 88 valence electrons. The molecule has 0 atom stereocenters. The molecule has 0 saturated carbocycles. The largest absolute Gasteiger partial charge is 0.315 e. The highest BCUT2D eigenvalue weighted by Crippen LogP contribution is 2.36. The highest BCUT2D eigenvalue weighted by molar-refractivity contribution is 7.07. The van der Waals surface area contributed by atoms with Gasteiger partial charge in [-0.1, -0.05) is 29.8 Å². The van der Waals surface area contributed by atoms with Gasteiger partial charge in [-0.05, 0) is 11.6 Å². The first-order valence-corrected chi connectivity index (χ1v) is 6.95. The lowest BCUT2D eigenvalue weighted by atomic mass is 9.72. The van der Waals surface area contributed by atoms with Crippen molar-refractivity contribution in [3.05, 3.63) is 51.4 Å². The molecular weight excluding hydrogens is 252 g/mol. The van der Waals surface area contributed by atoms with Crippen LogP contribution in [0.1, 0.15) is 11.3 Å². The Kier molecular flexibility index (Phi) is 2.90. The molecule has 4 heteroatoms. The molecule has 1 aromatic heterocycles. The van der Waals surface area contributed by atoms with Gasteiger partial charge in [-0.25, -0.2) is 4.98 Å². The summed E-state index contributed by atoms with van der Waals surface area (Å²) in [5, 5.41) is 6.34. The number of halogens is 1. The molecule has 2 heterocycles. The van der Waals surface area contributed by atoms with Crippen LogP contribution in [-0.4, -0.2) is 18.1 Å². The first kappa shape index (κ1) is 11.2. The van der Waals surface area contributed by atoms with Gasteiger partial charge in [-0.15, -0.1) is 11.3 Å². The summed E-state index contributed by atoms with van der Waals surface area (Å²) in [5.74, 6) is 0. The minimum absolute atomic E-state index is 0.131. The lowest BCUT2D eigenvalue weighted by Gasteiger charge is -2.43. The van der Waals surface area contributed by atoms with Crippen LogP contribution in [0.25, 0.3) is 0 Å². The molecule has 0 unspecified atom stereocenters. The van der Waals surface area contributed by atoms with Crippen molar-refractivity contribution in [2.24, 2.45) is 0 Å². The smallest absolute Gasteiger partial charge is 0.0794 e. The van der Waals surface area contributed by atoms with Crippen molar-refractivity contribution in [3.63, 3.8) is 0 Å². The van der Waals surface area contributed by atoms with Crippen LogP contribution in [0, 0.1) is 0 Å².